The van der Waals surface area contributed by atoms with Gasteiger partial charge in [-0.2, -0.15) is 0 Å². The van der Waals surface area contributed by atoms with Crippen LogP contribution in [0, 0.1) is 0 Å². The molecule has 8 nitrogen and oxygen atoms in total. The Balaban J connectivity index is 1.23. The average molecular weight is 497 g/mol. The highest BCUT2D eigenvalue weighted by atomic mass is 35.5. The topological polar surface area (TPSA) is 87.9 Å². The monoisotopic (exact) mass is 496 g/mol. The van der Waals surface area contributed by atoms with E-state index in [1.807, 2.05) is 42.5 Å². The lowest BCUT2D eigenvalue weighted by Gasteiger charge is -2.22. The second kappa shape index (κ2) is 11.9. The van der Waals surface area contributed by atoms with E-state index in [4.69, 9.17) is 20.8 Å². The molecule has 4 rings (SSSR count). The van der Waals surface area contributed by atoms with Crippen LogP contribution in [-0.4, -0.2) is 61.1 Å². The first-order chi connectivity index (χ1) is 17.0. The number of pyridine rings is 1. The largest absolute Gasteiger partial charge is 0.462 e. The van der Waals surface area contributed by atoms with Gasteiger partial charge in [-0.3, -0.25) is 9.69 Å². The molecule has 1 saturated heterocycles. The minimum atomic E-state index is -0.365. The van der Waals surface area contributed by atoms with Crippen molar-refractivity contribution in [1.29, 1.82) is 0 Å². The number of nitrogens with zero attached hydrogens (tertiary/aromatic N) is 3. The van der Waals surface area contributed by atoms with Crippen molar-refractivity contribution in [1.82, 2.24) is 15.2 Å². The van der Waals surface area contributed by atoms with Crippen molar-refractivity contribution < 1.29 is 18.7 Å². The second-order valence-electron chi connectivity index (χ2n) is 8.29. The first-order valence-corrected chi connectivity index (χ1v) is 12.1. The maximum absolute atomic E-state index is 12.5. The molecule has 9 heteroatoms. The summed E-state index contributed by atoms with van der Waals surface area (Å²) >= 11 is 5.94. The number of aromatic nitrogens is 1. The van der Waals surface area contributed by atoms with Gasteiger partial charge < -0.3 is 19.4 Å². The molecule has 1 N–H and O–H groups in total. The number of carbonyl (C=O) groups excluding carboxylic acids is 2. The third-order valence-electron chi connectivity index (χ3n) is 5.79. The van der Waals surface area contributed by atoms with Gasteiger partial charge in [0, 0.05) is 43.0 Å². The Morgan fingerprint density at radius 2 is 1.89 bits per heavy atom. The predicted molar refractivity (Wildman–Crippen MR) is 134 cm³/mol. The van der Waals surface area contributed by atoms with Crippen LogP contribution in [0.2, 0.25) is 5.02 Å². The predicted octanol–water partition coefficient (Wildman–Crippen LogP) is 4.00. The molecule has 35 heavy (non-hydrogen) atoms. The summed E-state index contributed by atoms with van der Waals surface area (Å²) in [5, 5.41) is 3.62. The Morgan fingerprint density at radius 1 is 1.06 bits per heavy atom. The highest BCUT2D eigenvalue weighted by Crippen LogP contribution is 2.23. The summed E-state index contributed by atoms with van der Waals surface area (Å²) in [6.07, 6.45) is 2.47. The van der Waals surface area contributed by atoms with E-state index in [0.29, 0.717) is 36.0 Å². The van der Waals surface area contributed by atoms with Crippen LogP contribution >= 0.6 is 11.6 Å². The van der Waals surface area contributed by atoms with E-state index in [9.17, 15) is 9.59 Å². The van der Waals surface area contributed by atoms with Crippen LogP contribution in [0.4, 0.5) is 5.82 Å². The van der Waals surface area contributed by atoms with Crippen molar-refractivity contribution in [2.75, 3.05) is 44.2 Å². The molecule has 0 spiro atoms. The van der Waals surface area contributed by atoms with E-state index in [1.165, 1.54) is 0 Å². The number of halogens is 1. The fourth-order valence-electron chi connectivity index (χ4n) is 3.95. The minimum absolute atomic E-state index is 0.0418. The quantitative estimate of drug-likeness (QED) is 0.471. The standard InChI is InChI=1S/C26H29ClN4O4/c1-2-34-26(33)20-6-11-24(28-16-20)31-13-3-12-30(14-15-31)18-25(32)29-17-22-9-10-23(35-22)19-4-7-21(27)8-5-19/h4-11,16H,2-3,12-15,17-18H2,1H3,(H,29,32). The second-order valence-corrected chi connectivity index (χ2v) is 8.73. The summed E-state index contributed by atoms with van der Waals surface area (Å²) in [5.41, 5.74) is 1.38. The summed E-state index contributed by atoms with van der Waals surface area (Å²) in [6.45, 7) is 5.94. The minimum Gasteiger partial charge on any atom is -0.462 e. The first kappa shape index (κ1) is 24.8. The summed E-state index contributed by atoms with van der Waals surface area (Å²) in [7, 11) is 0. The smallest absolute Gasteiger partial charge is 0.339 e. The highest BCUT2D eigenvalue weighted by molar-refractivity contribution is 6.30. The maximum atomic E-state index is 12.5. The van der Waals surface area contributed by atoms with E-state index in [-0.39, 0.29) is 11.9 Å². The Hall–Kier alpha value is -3.36. The third-order valence-corrected chi connectivity index (χ3v) is 6.04. The summed E-state index contributed by atoms with van der Waals surface area (Å²) in [5.74, 6) is 1.85. The van der Waals surface area contributed by atoms with Gasteiger partial charge in [0.25, 0.3) is 0 Å². The lowest BCUT2D eigenvalue weighted by molar-refractivity contribution is -0.122. The molecule has 0 atom stereocenters. The number of anilines is 1. The van der Waals surface area contributed by atoms with E-state index < -0.39 is 0 Å². The average Bonchev–Trinajstić information content (AvgIpc) is 3.22. The van der Waals surface area contributed by atoms with Crippen LogP contribution in [0.15, 0.2) is 59.1 Å². The van der Waals surface area contributed by atoms with Gasteiger partial charge in [-0.05, 0) is 61.9 Å². The SMILES string of the molecule is CCOC(=O)c1ccc(N2CCCN(CC(=O)NCc3ccc(-c4ccc(Cl)cc4)o3)CC2)nc1. The molecule has 3 heterocycles. The summed E-state index contributed by atoms with van der Waals surface area (Å²) in [6, 6.07) is 14.8. The molecule has 1 fully saturated rings. The van der Waals surface area contributed by atoms with Crippen LogP contribution < -0.4 is 10.2 Å². The number of hydrogen-bond donors (Lipinski definition) is 1. The number of rotatable bonds is 8. The number of furan rings is 1. The lowest BCUT2D eigenvalue weighted by Crippen LogP contribution is -2.39. The van der Waals surface area contributed by atoms with Gasteiger partial charge in [-0.1, -0.05) is 11.6 Å². The zero-order chi connectivity index (χ0) is 24.6. The number of hydrogen-bond acceptors (Lipinski definition) is 7. The van der Waals surface area contributed by atoms with Crippen molar-refractivity contribution in [3.63, 3.8) is 0 Å². The van der Waals surface area contributed by atoms with Crippen molar-refractivity contribution in [3.05, 3.63) is 71.1 Å². The molecule has 3 aromatic rings. The molecular formula is C26H29ClN4O4. The third kappa shape index (κ3) is 6.83. The number of amides is 1. The summed E-state index contributed by atoms with van der Waals surface area (Å²) in [4.78, 5) is 33.1. The molecule has 1 aliphatic heterocycles. The Morgan fingerprint density at radius 3 is 2.63 bits per heavy atom. The molecule has 1 amide bonds. The normalized spacial score (nSPS) is 14.4. The van der Waals surface area contributed by atoms with Crippen LogP contribution in [0.1, 0.15) is 29.5 Å². The van der Waals surface area contributed by atoms with Crippen LogP contribution in [-0.2, 0) is 16.1 Å². The van der Waals surface area contributed by atoms with E-state index >= 15 is 0 Å². The molecule has 1 aromatic carbocycles. The van der Waals surface area contributed by atoms with Crippen LogP contribution in [0.25, 0.3) is 11.3 Å². The van der Waals surface area contributed by atoms with Crippen LogP contribution in [0.3, 0.4) is 0 Å². The molecule has 0 saturated carbocycles. The maximum Gasteiger partial charge on any atom is 0.339 e. The van der Waals surface area contributed by atoms with Gasteiger partial charge in [0.1, 0.15) is 17.3 Å². The molecule has 184 valence electrons. The molecule has 0 aliphatic carbocycles. The van der Waals surface area contributed by atoms with Crippen LogP contribution in [0.5, 0.6) is 0 Å². The number of nitrogens with one attached hydrogen (secondary N) is 1. The van der Waals surface area contributed by atoms with Crippen molar-refractivity contribution in [2.45, 2.75) is 19.9 Å². The molecule has 0 radical (unpaired) electrons. The van der Waals surface area contributed by atoms with Gasteiger partial charge in [0.15, 0.2) is 0 Å². The molecule has 1 aliphatic rings. The van der Waals surface area contributed by atoms with E-state index in [2.05, 4.69) is 20.1 Å². The van der Waals surface area contributed by atoms with Crippen molar-refractivity contribution >= 4 is 29.3 Å². The Bertz CT molecular complexity index is 1130. The fraction of sp³-hybridized carbons (Fsp3) is 0.346. The van der Waals surface area contributed by atoms with Crippen molar-refractivity contribution in [2.24, 2.45) is 0 Å². The number of esters is 1. The molecule has 2 aromatic heterocycles. The van der Waals surface area contributed by atoms with Gasteiger partial charge >= 0.3 is 5.97 Å². The van der Waals surface area contributed by atoms with Crippen molar-refractivity contribution in [3.8, 4) is 11.3 Å². The highest BCUT2D eigenvalue weighted by Gasteiger charge is 2.19. The molecular weight excluding hydrogens is 468 g/mol. The van der Waals surface area contributed by atoms with E-state index in [0.717, 1.165) is 49.7 Å². The van der Waals surface area contributed by atoms with E-state index in [1.54, 1.807) is 19.2 Å². The van der Waals surface area contributed by atoms with Gasteiger partial charge in [0.2, 0.25) is 5.91 Å². The zero-order valence-electron chi connectivity index (χ0n) is 19.7. The fourth-order valence-corrected chi connectivity index (χ4v) is 4.08. The zero-order valence-corrected chi connectivity index (χ0v) is 20.5. The Kier molecular flexibility index (Phi) is 8.39. The van der Waals surface area contributed by atoms with Gasteiger partial charge in [0.05, 0.1) is 25.3 Å². The van der Waals surface area contributed by atoms with Gasteiger partial charge in [-0.25, -0.2) is 9.78 Å². The number of ether oxygens (including phenoxy) is 1. The lowest BCUT2D eigenvalue weighted by atomic mass is 10.2. The number of benzene rings is 1. The number of carbonyl (C=O) groups is 2. The Labute approximate surface area is 209 Å². The first-order valence-electron chi connectivity index (χ1n) is 11.7. The molecule has 0 unspecified atom stereocenters. The van der Waals surface area contributed by atoms with Gasteiger partial charge in [-0.15, -0.1) is 0 Å². The molecule has 0 bridgehead atoms. The summed E-state index contributed by atoms with van der Waals surface area (Å²) < 4.78 is 10.9.